The highest BCUT2D eigenvalue weighted by molar-refractivity contribution is 8.00. The summed E-state index contributed by atoms with van der Waals surface area (Å²) in [6.07, 6.45) is 0. The molecule has 8 heteroatoms. The third kappa shape index (κ3) is 5.90. The van der Waals surface area contributed by atoms with Gasteiger partial charge in [0.05, 0.1) is 21.9 Å². The fraction of sp³-hybridized carbons (Fsp3) is 0.438. The summed E-state index contributed by atoms with van der Waals surface area (Å²) >= 11 is 13.1. The molecule has 24 heavy (non-hydrogen) atoms. The minimum absolute atomic E-state index is 0.0313. The predicted molar refractivity (Wildman–Crippen MR) is 95.1 cm³/mol. The number of rotatable bonds is 7. The predicted octanol–water partition coefficient (Wildman–Crippen LogP) is 3.68. The van der Waals surface area contributed by atoms with Crippen LogP contribution >= 0.6 is 35.0 Å². The monoisotopic (exact) mass is 388 g/mol. The lowest BCUT2D eigenvalue weighted by molar-refractivity contribution is -0.146. The van der Waals surface area contributed by atoms with Gasteiger partial charge in [-0.05, 0) is 25.0 Å². The third-order valence-electron chi connectivity index (χ3n) is 3.40. The first-order valence-electron chi connectivity index (χ1n) is 7.14. The number of benzene rings is 1. The summed E-state index contributed by atoms with van der Waals surface area (Å²) in [6, 6.07) is 7.10. The summed E-state index contributed by atoms with van der Waals surface area (Å²) in [5.41, 5.74) is -1.01. The van der Waals surface area contributed by atoms with Crippen LogP contribution in [0.2, 0.25) is 10.0 Å². The first kappa shape index (κ1) is 20.6. The van der Waals surface area contributed by atoms with Crippen molar-refractivity contribution in [2.24, 2.45) is 5.92 Å². The molecule has 1 aromatic carbocycles. The maximum absolute atomic E-state index is 11.8. The summed E-state index contributed by atoms with van der Waals surface area (Å²) in [6.45, 7) is 4.81. The second-order valence-corrected chi connectivity index (χ2v) is 7.32. The van der Waals surface area contributed by atoms with Gasteiger partial charge in [-0.1, -0.05) is 43.1 Å². The highest BCUT2D eigenvalue weighted by atomic mass is 35.5. The van der Waals surface area contributed by atoms with Crippen molar-refractivity contribution in [3.8, 4) is 6.07 Å². The molecule has 1 N–H and O–H groups in total. The van der Waals surface area contributed by atoms with E-state index in [4.69, 9.17) is 33.2 Å². The quantitative estimate of drug-likeness (QED) is 0.569. The normalized spacial score (nSPS) is 13.0. The summed E-state index contributed by atoms with van der Waals surface area (Å²) in [4.78, 5) is 24.1. The van der Waals surface area contributed by atoms with Gasteiger partial charge in [0.1, 0.15) is 5.54 Å². The lowest BCUT2D eigenvalue weighted by Crippen LogP contribution is -2.50. The Morgan fingerprint density at radius 1 is 1.38 bits per heavy atom. The minimum atomic E-state index is -1.01. The number of carbonyl (C=O) groups is 2. The molecule has 0 unspecified atom stereocenters. The van der Waals surface area contributed by atoms with Gasteiger partial charge in [-0.2, -0.15) is 5.26 Å². The molecule has 5 nitrogen and oxygen atoms in total. The van der Waals surface area contributed by atoms with Crippen molar-refractivity contribution in [2.75, 3.05) is 12.4 Å². The van der Waals surface area contributed by atoms with E-state index in [9.17, 15) is 9.59 Å². The molecule has 0 radical (unpaired) electrons. The highest BCUT2D eigenvalue weighted by Gasteiger charge is 2.30. The number of hydrogen-bond donors (Lipinski definition) is 1. The molecule has 1 aromatic rings. The Hall–Kier alpha value is -1.42. The number of carbonyl (C=O) groups excluding carboxylic acids is 2. The number of thioether (sulfide) groups is 1. The van der Waals surface area contributed by atoms with Crippen LogP contribution in [0.3, 0.4) is 0 Å². The Morgan fingerprint density at radius 3 is 2.46 bits per heavy atom. The Morgan fingerprint density at radius 2 is 1.96 bits per heavy atom. The zero-order chi connectivity index (χ0) is 18.3. The summed E-state index contributed by atoms with van der Waals surface area (Å²) in [5, 5.41) is 12.6. The van der Waals surface area contributed by atoms with Gasteiger partial charge in [0.15, 0.2) is 6.61 Å². The van der Waals surface area contributed by atoms with Gasteiger partial charge >= 0.3 is 5.97 Å². The van der Waals surface area contributed by atoms with Crippen LogP contribution in [0.4, 0.5) is 0 Å². The number of esters is 1. The molecule has 0 aliphatic carbocycles. The average Bonchev–Trinajstić information content (AvgIpc) is 2.52. The molecule has 1 amide bonds. The fourth-order valence-corrected chi connectivity index (χ4v) is 3.05. The molecule has 130 valence electrons. The van der Waals surface area contributed by atoms with E-state index in [1.165, 1.54) is 0 Å². The van der Waals surface area contributed by atoms with Crippen molar-refractivity contribution in [3.63, 3.8) is 0 Å². The molecule has 0 fully saturated rings. The van der Waals surface area contributed by atoms with Crippen LogP contribution in [0.5, 0.6) is 0 Å². The number of nitrogens with zero attached hydrogens (tertiary/aromatic N) is 1. The molecule has 0 bridgehead atoms. The molecule has 0 saturated heterocycles. The zero-order valence-electron chi connectivity index (χ0n) is 13.6. The Labute approximate surface area is 155 Å². The van der Waals surface area contributed by atoms with E-state index in [1.54, 1.807) is 25.1 Å². The van der Waals surface area contributed by atoms with E-state index in [0.717, 1.165) is 11.8 Å². The Balaban J connectivity index is 2.47. The van der Waals surface area contributed by atoms with Crippen molar-refractivity contribution >= 4 is 46.8 Å². The number of hydrogen-bond acceptors (Lipinski definition) is 5. The molecule has 0 aliphatic rings. The summed E-state index contributed by atoms with van der Waals surface area (Å²) in [7, 11) is 0. The van der Waals surface area contributed by atoms with Crippen molar-refractivity contribution in [1.29, 1.82) is 5.26 Å². The van der Waals surface area contributed by atoms with Crippen LogP contribution < -0.4 is 5.32 Å². The molecule has 1 atom stereocenters. The van der Waals surface area contributed by atoms with E-state index in [2.05, 4.69) is 5.32 Å². The van der Waals surface area contributed by atoms with Crippen molar-refractivity contribution in [1.82, 2.24) is 5.32 Å². The van der Waals surface area contributed by atoms with E-state index in [0.29, 0.717) is 14.9 Å². The molecule has 0 heterocycles. The number of amides is 1. The largest absolute Gasteiger partial charge is 0.455 e. The van der Waals surface area contributed by atoms with Crippen molar-refractivity contribution in [2.45, 2.75) is 31.2 Å². The lowest BCUT2D eigenvalue weighted by Gasteiger charge is -2.27. The molecule has 1 rings (SSSR count). The van der Waals surface area contributed by atoms with Gasteiger partial charge in [-0.15, -0.1) is 11.8 Å². The molecular formula is C16H18Cl2N2O3S. The van der Waals surface area contributed by atoms with E-state index >= 15 is 0 Å². The van der Waals surface area contributed by atoms with Gasteiger partial charge in [0.25, 0.3) is 5.91 Å². The first-order valence-corrected chi connectivity index (χ1v) is 8.88. The average molecular weight is 389 g/mol. The smallest absolute Gasteiger partial charge is 0.316 e. The third-order valence-corrected chi connectivity index (χ3v) is 5.37. The molecular weight excluding hydrogens is 371 g/mol. The zero-order valence-corrected chi connectivity index (χ0v) is 15.9. The Kier molecular flexibility index (Phi) is 7.88. The second kappa shape index (κ2) is 9.16. The summed E-state index contributed by atoms with van der Waals surface area (Å²) < 4.78 is 4.91. The molecule has 0 aliphatic heterocycles. The van der Waals surface area contributed by atoms with Gasteiger partial charge in [0, 0.05) is 4.90 Å². The van der Waals surface area contributed by atoms with Crippen LogP contribution in [-0.2, 0) is 14.3 Å². The number of nitrogens with one attached hydrogen (secondary N) is 1. The van der Waals surface area contributed by atoms with E-state index in [-0.39, 0.29) is 11.7 Å². The number of ether oxygens (including phenoxy) is 1. The molecule has 0 aromatic heterocycles. The number of halogens is 2. The van der Waals surface area contributed by atoms with Crippen LogP contribution in [0.25, 0.3) is 0 Å². The van der Waals surface area contributed by atoms with Gasteiger partial charge in [0.2, 0.25) is 0 Å². The molecule has 0 spiro atoms. The standard InChI is InChI=1S/C16H18Cl2N2O3S/c1-10(2)16(3,9-19)20-13(21)7-23-14(22)8-24-15-11(17)5-4-6-12(15)18/h4-6,10H,7-8H2,1-3H3,(H,20,21)/t16-/m1/s1. The van der Waals surface area contributed by atoms with Crippen LogP contribution in [-0.4, -0.2) is 29.8 Å². The highest BCUT2D eigenvalue weighted by Crippen LogP contribution is 2.33. The Bertz CT molecular complexity index is 641. The van der Waals surface area contributed by atoms with Gasteiger partial charge in [-0.25, -0.2) is 0 Å². The summed E-state index contributed by atoms with van der Waals surface area (Å²) in [5.74, 6) is -1.22. The van der Waals surface area contributed by atoms with E-state index in [1.807, 2.05) is 19.9 Å². The van der Waals surface area contributed by atoms with Crippen LogP contribution in [0.15, 0.2) is 23.1 Å². The fourth-order valence-electron chi connectivity index (χ4n) is 1.57. The first-order chi connectivity index (χ1) is 11.2. The lowest BCUT2D eigenvalue weighted by atomic mass is 9.90. The molecule has 0 saturated carbocycles. The maximum Gasteiger partial charge on any atom is 0.316 e. The van der Waals surface area contributed by atoms with Crippen molar-refractivity contribution < 1.29 is 14.3 Å². The topological polar surface area (TPSA) is 79.2 Å². The van der Waals surface area contributed by atoms with Gasteiger partial charge in [-0.3, -0.25) is 9.59 Å². The number of nitriles is 1. The minimum Gasteiger partial charge on any atom is -0.455 e. The van der Waals surface area contributed by atoms with E-state index < -0.39 is 24.0 Å². The van der Waals surface area contributed by atoms with Crippen LogP contribution in [0.1, 0.15) is 20.8 Å². The SMILES string of the molecule is CC(C)[C@@](C)(C#N)NC(=O)COC(=O)CSc1c(Cl)cccc1Cl. The maximum atomic E-state index is 11.8. The van der Waals surface area contributed by atoms with Crippen molar-refractivity contribution in [3.05, 3.63) is 28.2 Å². The van der Waals surface area contributed by atoms with Gasteiger partial charge < -0.3 is 10.1 Å². The van der Waals surface area contributed by atoms with Crippen LogP contribution in [0, 0.1) is 17.2 Å². The second-order valence-electron chi connectivity index (χ2n) is 5.52.